The number of benzene rings is 2. The van der Waals surface area contributed by atoms with Gasteiger partial charge in [0.1, 0.15) is 0 Å². The summed E-state index contributed by atoms with van der Waals surface area (Å²) >= 11 is 4.45. The smallest absolute Gasteiger partial charge is 0.0441 e. The van der Waals surface area contributed by atoms with Gasteiger partial charge in [0.15, 0.2) is 0 Å². The van der Waals surface area contributed by atoms with E-state index in [2.05, 4.69) is 55.9 Å². The highest BCUT2D eigenvalue weighted by Gasteiger charge is 2.03. The highest BCUT2D eigenvalue weighted by molar-refractivity contribution is 7.80. The minimum absolute atomic E-state index is 1.03. The standard InChI is InChI=1S/C12H13NS/c1-13(2)11-7-3-6-10-9(11)5-4-8-12(10)14/h3-8,14H,1-2H3. The second-order valence-electron chi connectivity index (χ2n) is 3.54. The third-order valence-corrected chi connectivity index (χ3v) is 2.75. The number of rotatable bonds is 1. The van der Waals surface area contributed by atoms with E-state index in [-0.39, 0.29) is 0 Å². The van der Waals surface area contributed by atoms with Crippen molar-refractivity contribution in [3.05, 3.63) is 36.4 Å². The third-order valence-electron chi connectivity index (χ3n) is 2.36. The molecule has 0 N–H and O–H groups in total. The number of nitrogens with zero attached hydrogens (tertiary/aromatic N) is 1. The zero-order valence-corrected chi connectivity index (χ0v) is 9.25. The summed E-state index contributed by atoms with van der Waals surface area (Å²) in [6.45, 7) is 0. The fourth-order valence-corrected chi connectivity index (χ4v) is 1.95. The first-order valence-corrected chi connectivity index (χ1v) is 5.03. The first-order chi connectivity index (χ1) is 6.70. The van der Waals surface area contributed by atoms with Gasteiger partial charge in [-0.2, -0.15) is 0 Å². The van der Waals surface area contributed by atoms with E-state index in [1.165, 1.54) is 16.5 Å². The van der Waals surface area contributed by atoms with E-state index in [9.17, 15) is 0 Å². The molecule has 0 spiro atoms. The molecule has 0 bridgehead atoms. The summed E-state index contributed by atoms with van der Waals surface area (Å²) in [5.74, 6) is 0. The molecule has 72 valence electrons. The van der Waals surface area contributed by atoms with E-state index in [0.717, 1.165) is 4.90 Å². The summed E-state index contributed by atoms with van der Waals surface area (Å²) in [6, 6.07) is 12.5. The van der Waals surface area contributed by atoms with Gasteiger partial charge >= 0.3 is 0 Å². The van der Waals surface area contributed by atoms with E-state index in [0.29, 0.717) is 0 Å². The van der Waals surface area contributed by atoms with Crippen LogP contribution in [0.15, 0.2) is 41.3 Å². The number of thiol groups is 1. The number of fused-ring (bicyclic) bond motifs is 1. The van der Waals surface area contributed by atoms with Gasteiger partial charge in [-0.05, 0) is 17.5 Å². The van der Waals surface area contributed by atoms with Gasteiger partial charge in [0, 0.05) is 30.1 Å². The van der Waals surface area contributed by atoms with E-state index < -0.39 is 0 Å². The van der Waals surface area contributed by atoms with Crippen molar-refractivity contribution in [1.29, 1.82) is 0 Å². The molecule has 0 radical (unpaired) electrons. The Hall–Kier alpha value is -1.15. The van der Waals surface area contributed by atoms with Gasteiger partial charge < -0.3 is 4.90 Å². The molecule has 0 aromatic heterocycles. The van der Waals surface area contributed by atoms with E-state index in [1.807, 2.05) is 12.1 Å². The van der Waals surface area contributed by atoms with Crippen molar-refractivity contribution >= 4 is 29.1 Å². The molecule has 1 nitrogen and oxygen atoms in total. The molecule has 0 aliphatic carbocycles. The predicted molar refractivity (Wildman–Crippen MR) is 65.5 cm³/mol. The molecule has 0 aliphatic rings. The van der Waals surface area contributed by atoms with Crippen molar-refractivity contribution in [1.82, 2.24) is 0 Å². The Balaban J connectivity index is 2.81. The lowest BCUT2D eigenvalue weighted by molar-refractivity contribution is 1.14. The van der Waals surface area contributed by atoms with Gasteiger partial charge in [0.2, 0.25) is 0 Å². The summed E-state index contributed by atoms with van der Waals surface area (Å²) in [5.41, 5.74) is 1.23. The summed E-state index contributed by atoms with van der Waals surface area (Å²) < 4.78 is 0. The molecule has 2 heteroatoms. The monoisotopic (exact) mass is 203 g/mol. The van der Waals surface area contributed by atoms with Gasteiger partial charge in [0.05, 0.1) is 0 Å². The Bertz CT molecular complexity index is 463. The average Bonchev–Trinajstić information content (AvgIpc) is 2.17. The molecule has 0 aliphatic heterocycles. The fourth-order valence-electron chi connectivity index (χ4n) is 1.67. The highest BCUT2D eigenvalue weighted by atomic mass is 32.1. The molecule has 14 heavy (non-hydrogen) atoms. The molecule has 0 amide bonds. The quantitative estimate of drug-likeness (QED) is 0.697. The molecule has 0 saturated carbocycles. The van der Waals surface area contributed by atoms with Crippen molar-refractivity contribution in [2.75, 3.05) is 19.0 Å². The lowest BCUT2D eigenvalue weighted by Gasteiger charge is -2.15. The SMILES string of the molecule is CN(C)c1cccc2c(S)cccc12. The van der Waals surface area contributed by atoms with Crippen LogP contribution in [-0.2, 0) is 0 Å². The number of hydrogen-bond acceptors (Lipinski definition) is 2. The number of hydrogen-bond donors (Lipinski definition) is 1. The maximum atomic E-state index is 4.45. The summed E-state index contributed by atoms with van der Waals surface area (Å²) in [5, 5.41) is 2.46. The first-order valence-electron chi connectivity index (χ1n) is 4.58. The first kappa shape index (κ1) is 9.41. The van der Waals surface area contributed by atoms with Crippen molar-refractivity contribution in [3.8, 4) is 0 Å². The molecule has 0 fully saturated rings. The van der Waals surface area contributed by atoms with Gasteiger partial charge in [0.25, 0.3) is 0 Å². The van der Waals surface area contributed by atoms with Crippen LogP contribution in [0.1, 0.15) is 0 Å². The molecular formula is C12H13NS. The summed E-state index contributed by atoms with van der Waals surface area (Å²) in [4.78, 5) is 3.15. The van der Waals surface area contributed by atoms with Crippen LogP contribution in [0.3, 0.4) is 0 Å². The van der Waals surface area contributed by atoms with Crippen LogP contribution in [0.2, 0.25) is 0 Å². The predicted octanol–water partition coefficient (Wildman–Crippen LogP) is 3.19. The van der Waals surface area contributed by atoms with E-state index in [1.54, 1.807) is 0 Å². The third kappa shape index (κ3) is 1.46. The highest BCUT2D eigenvalue weighted by Crippen LogP contribution is 2.29. The maximum Gasteiger partial charge on any atom is 0.0441 e. The minimum Gasteiger partial charge on any atom is -0.377 e. The maximum absolute atomic E-state index is 4.45. The molecule has 0 saturated heterocycles. The van der Waals surface area contributed by atoms with Crippen LogP contribution in [0.5, 0.6) is 0 Å². The Morgan fingerprint density at radius 1 is 0.929 bits per heavy atom. The van der Waals surface area contributed by atoms with Crippen LogP contribution in [0.25, 0.3) is 10.8 Å². The van der Waals surface area contributed by atoms with Crippen LogP contribution >= 0.6 is 12.6 Å². The Morgan fingerprint density at radius 2 is 1.57 bits per heavy atom. The molecule has 0 unspecified atom stereocenters. The molecule has 0 atom stereocenters. The van der Waals surface area contributed by atoms with Gasteiger partial charge in [-0.3, -0.25) is 0 Å². The van der Waals surface area contributed by atoms with E-state index >= 15 is 0 Å². The number of anilines is 1. The largest absolute Gasteiger partial charge is 0.377 e. The molecule has 0 heterocycles. The van der Waals surface area contributed by atoms with Gasteiger partial charge in [-0.15, -0.1) is 12.6 Å². The van der Waals surface area contributed by atoms with Crippen LogP contribution in [0.4, 0.5) is 5.69 Å². The summed E-state index contributed by atoms with van der Waals surface area (Å²) in [7, 11) is 4.11. The lowest BCUT2D eigenvalue weighted by atomic mass is 10.1. The van der Waals surface area contributed by atoms with Crippen LogP contribution < -0.4 is 4.90 Å². The van der Waals surface area contributed by atoms with Crippen molar-refractivity contribution in [3.63, 3.8) is 0 Å². The zero-order chi connectivity index (χ0) is 10.1. The summed E-state index contributed by atoms with van der Waals surface area (Å²) in [6.07, 6.45) is 0. The van der Waals surface area contributed by atoms with Crippen molar-refractivity contribution in [2.24, 2.45) is 0 Å². The molecule has 2 rings (SSSR count). The van der Waals surface area contributed by atoms with Crippen molar-refractivity contribution < 1.29 is 0 Å². The Kier molecular flexibility index (Phi) is 2.38. The normalized spacial score (nSPS) is 10.5. The van der Waals surface area contributed by atoms with Crippen LogP contribution in [-0.4, -0.2) is 14.1 Å². The Labute approximate surface area is 89.8 Å². The fraction of sp³-hybridized carbons (Fsp3) is 0.167. The van der Waals surface area contributed by atoms with Gasteiger partial charge in [-0.25, -0.2) is 0 Å². The Morgan fingerprint density at radius 3 is 2.29 bits per heavy atom. The second kappa shape index (κ2) is 3.54. The minimum atomic E-state index is 1.03. The molecule has 2 aromatic carbocycles. The van der Waals surface area contributed by atoms with E-state index in [4.69, 9.17) is 0 Å². The topological polar surface area (TPSA) is 3.24 Å². The molecule has 2 aromatic rings. The molecular weight excluding hydrogens is 190 g/mol. The zero-order valence-electron chi connectivity index (χ0n) is 8.36. The lowest BCUT2D eigenvalue weighted by Crippen LogP contribution is -2.08. The van der Waals surface area contributed by atoms with Gasteiger partial charge in [-0.1, -0.05) is 24.3 Å². The van der Waals surface area contributed by atoms with Crippen LogP contribution in [0, 0.1) is 0 Å². The average molecular weight is 203 g/mol. The van der Waals surface area contributed by atoms with Crippen molar-refractivity contribution in [2.45, 2.75) is 4.90 Å². The second-order valence-corrected chi connectivity index (χ2v) is 4.03.